The van der Waals surface area contributed by atoms with Gasteiger partial charge in [-0.3, -0.25) is 0 Å². The molecule has 0 fully saturated rings. The highest BCUT2D eigenvalue weighted by molar-refractivity contribution is 5.91. The first kappa shape index (κ1) is 12.4. The summed E-state index contributed by atoms with van der Waals surface area (Å²) in [4.78, 5) is 15.5. The largest absolute Gasteiger partial charge is 0.475 e. The number of aromatic nitrogens is 1. The Bertz CT molecular complexity index is 341. The fourth-order valence-electron chi connectivity index (χ4n) is 1.09. The standard InChI is InChI=1S/C11H15NO4/c1-3-15-11(13)9-5-4-6-12-10(9)16-8-7-14-2/h4-6H,3,7-8H2,1-2H3. The van der Waals surface area contributed by atoms with Gasteiger partial charge < -0.3 is 14.2 Å². The quantitative estimate of drug-likeness (QED) is 0.539. The monoisotopic (exact) mass is 225 g/mol. The molecular weight excluding hydrogens is 210 g/mol. The van der Waals surface area contributed by atoms with Crippen molar-refractivity contribution < 1.29 is 19.0 Å². The SMILES string of the molecule is CCOC(=O)c1cccnc1OCCOC. The van der Waals surface area contributed by atoms with Crippen LogP contribution in [0.25, 0.3) is 0 Å². The van der Waals surface area contributed by atoms with Crippen molar-refractivity contribution in [3.63, 3.8) is 0 Å². The Morgan fingerprint density at radius 1 is 1.44 bits per heavy atom. The average Bonchev–Trinajstić information content (AvgIpc) is 2.30. The molecule has 0 aliphatic rings. The summed E-state index contributed by atoms with van der Waals surface area (Å²) >= 11 is 0. The molecule has 0 aliphatic heterocycles. The van der Waals surface area contributed by atoms with E-state index in [4.69, 9.17) is 14.2 Å². The summed E-state index contributed by atoms with van der Waals surface area (Å²) in [6.45, 7) is 2.86. The maximum absolute atomic E-state index is 11.5. The molecule has 0 amide bonds. The Morgan fingerprint density at radius 2 is 2.25 bits per heavy atom. The minimum Gasteiger partial charge on any atom is -0.475 e. The molecule has 1 aromatic rings. The number of ether oxygens (including phenoxy) is 3. The molecule has 5 nitrogen and oxygen atoms in total. The van der Waals surface area contributed by atoms with E-state index in [0.717, 1.165) is 0 Å². The van der Waals surface area contributed by atoms with E-state index in [-0.39, 0.29) is 5.88 Å². The summed E-state index contributed by atoms with van der Waals surface area (Å²) < 4.78 is 15.0. The second-order valence-electron chi connectivity index (χ2n) is 2.92. The Balaban J connectivity index is 2.71. The predicted molar refractivity (Wildman–Crippen MR) is 57.6 cm³/mol. The van der Waals surface area contributed by atoms with Crippen LogP contribution in [0.3, 0.4) is 0 Å². The molecule has 0 spiro atoms. The van der Waals surface area contributed by atoms with Crippen LogP contribution in [0.2, 0.25) is 0 Å². The van der Waals surface area contributed by atoms with E-state index in [1.54, 1.807) is 32.4 Å². The summed E-state index contributed by atoms with van der Waals surface area (Å²) in [6, 6.07) is 3.28. The first-order valence-electron chi connectivity index (χ1n) is 5.03. The van der Waals surface area contributed by atoms with Crippen molar-refractivity contribution in [2.75, 3.05) is 26.9 Å². The van der Waals surface area contributed by atoms with Crippen LogP contribution < -0.4 is 4.74 Å². The van der Waals surface area contributed by atoms with Crippen molar-refractivity contribution in [3.8, 4) is 5.88 Å². The molecule has 1 aromatic heterocycles. The third kappa shape index (κ3) is 3.51. The molecule has 0 atom stereocenters. The van der Waals surface area contributed by atoms with E-state index in [9.17, 15) is 4.79 Å². The molecule has 0 bridgehead atoms. The lowest BCUT2D eigenvalue weighted by Crippen LogP contribution is -2.11. The van der Waals surface area contributed by atoms with Crippen molar-refractivity contribution >= 4 is 5.97 Å². The molecule has 0 saturated carbocycles. The van der Waals surface area contributed by atoms with E-state index in [0.29, 0.717) is 25.4 Å². The van der Waals surface area contributed by atoms with Crippen molar-refractivity contribution in [2.24, 2.45) is 0 Å². The highest BCUT2D eigenvalue weighted by Gasteiger charge is 2.13. The second kappa shape index (κ2) is 6.79. The van der Waals surface area contributed by atoms with Gasteiger partial charge in [0.25, 0.3) is 0 Å². The minimum atomic E-state index is -0.428. The van der Waals surface area contributed by atoms with Gasteiger partial charge in [-0.2, -0.15) is 0 Å². The maximum Gasteiger partial charge on any atom is 0.343 e. The number of carbonyl (C=O) groups excluding carboxylic acids is 1. The van der Waals surface area contributed by atoms with Crippen molar-refractivity contribution in [3.05, 3.63) is 23.9 Å². The number of hydrogen-bond acceptors (Lipinski definition) is 5. The number of methoxy groups -OCH3 is 1. The van der Waals surface area contributed by atoms with E-state index < -0.39 is 5.97 Å². The zero-order valence-electron chi connectivity index (χ0n) is 9.43. The van der Waals surface area contributed by atoms with E-state index in [1.165, 1.54) is 0 Å². The Hall–Kier alpha value is -1.62. The lowest BCUT2D eigenvalue weighted by molar-refractivity contribution is 0.0518. The zero-order valence-corrected chi connectivity index (χ0v) is 9.43. The van der Waals surface area contributed by atoms with E-state index >= 15 is 0 Å². The third-order valence-electron chi connectivity index (χ3n) is 1.79. The molecule has 0 saturated heterocycles. The molecule has 0 unspecified atom stereocenters. The number of rotatable bonds is 6. The van der Waals surface area contributed by atoms with Crippen LogP contribution in [0, 0.1) is 0 Å². The van der Waals surface area contributed by atoms with Gasteiger partial charge in [0.1, 0.15) is 12.2 Å². The van der Waals surface area contributed by atoms with Crippen LogP contribution >= 0.6 is 0 Å². The Labute approximate surface area is 94.3 Å². The minimum absolute atomic E-state index is 0.276. The van der Waals surface area contributed by atoms with Gasteiger partial charge in [0.2, 0.25) is 5.88 Å². The molecule has 16 heavy (non-hydrogen) atoms. The van der Waals surface area contributed by atoms with Crippen LogP contribution in [0.5, 0.6) is 5.88 Å². The van der Waals surface area contributed by atoms with Gasteiger partial charge in [-0.15, -0.1) is 0 Å². The zero-order chi connectivity index (χ0) is 11.8. The molecule has 0 radical (unpaired) electrons. The fraction of sp³-hybridized carbons (Fsp3) is 0.455. The van der Waals surface area contributed by atoms with Gasteiger partial charge in [-0.1, -0.05) is 0 Å². The summed E-state index contributed by atoms with van der Waals surface area (Å²) in [6.07, 6.45) is 1.56. The third-order valence-corrected chi connectivity index (χ3v) is 1.79. The van der Waals surface area contributed by atoms with Crippen LogP contribution in [-0.2, 0) is 9.47 Å². The fourth-order valence-corrected chi connectivity index (χ4v) is 1.09. The molecule has 0 N–H and O–H groups in total. The summed E-state index contributed by atoms with van der Waals surface area (Å²) in [5.41, 5.74) is 0.334. The molecule has 0 aliphatic carbocycles. The van der Waals surface area contributed by atoms with Crippen LogP contribution in [-0.4, -0.2) is 37.9 Å². The highest BCUT2D eigenvalue weighted by atomic mass is 16.5. The molecule has 1 heterocycles. The van der Waals surface area contributed by atoms with Gasteiger partial charge in [0.15, 0.2) is 0 Å². The normalized spacial score (nSPS) is 9.88. The molecule has 5 heteroatoms. The van der Waals surface area contributed by atoms with Gasteiger partial charge in [0, 0.05) is 13.3 Å². The number of nitrogens with zero attached hydrogens (tertiary/aromatic N) is 1. The smallest absolute Gasteiger partial charge is 0.343 e. The van der Waals surface area contributed by atoms with Gasteiger partial charge in [-0.25, -0.2) is 9.78 Å². The number of esters is 1. The first-order chi connectivity index (χ1) is 7.79. The van der Waals surface area contributed by atoms with E-state index in [2.05, 4.69) is 4.98 Å². The topological polar surface area (TPSA) is 57.7 Å². The van der Waals surface area contributed by atoms with Crippen molar-refractivity contribution in [1.82, 2.24) is 4.98 Å². The van der Waals surface area contributed by atoms with Gasteiger partial charge in [-0.05, 0) is 19.1 Å². The summed E-state index contributed by atoms with van der Waals surface area (Å²) in [5, 5.41) is 0. The highest BCUT2D eigenvalue weighted by Crippen LogP contribution is 2.15. The molecule has 88 valence electrons. The van der Waals surface area contributed by atoms with E-state index in [1.807, 2.05) is 0 Å². The van der Waals surface area contributed by atoms with Crippen molar-refractivity contribution in [1.29, 1.82) is 0 Å². The Morgan fingerprint density at radius 3 is 2.94 bits per heavy atom. The number of pyridine rings is 1. The van der Waals surface area contributed by atoms with Crippen LogP contribution in [0.4, 0.5) is 0 Å². The van der Waals surface area contributed by atoms with Crippen molar-refractivity contribution in [2.45, 2.75) is 6.92 Å². The average molecular weight is 225 g/mol. The van der Waals surface area contributed by atoms with Gasteiger partial charge >= 0.3 is 5.97 Å². The Kier molecular flexibility index (Phi) is 5.28. The summed E-state index contributed by atoms with van der Waals surface area (Å²) in [7, 11) is 1.58. The first-order valence-corrected chi connectivity index (χ1v) is 5.03. The molecular formula is C11H15NO4. The number of hydrogen-bond donors (Lipinski definition) is 0. The van der Waals surface area contributed by atoms with Crippen LogP contribution in [0.1, 0.15) is 17.3 Å². The maximum atomic E-state index is 11.5. The second-order valence-corrected chi connectivity index (χ2v) is 2.92. The molecule has 0 aromatic carbocycles. The van der Waals surface area contributed by atoms with Crippen LogP contribution in [0.15, 0.2) is 18.3 Å². The predicted octanol–water partition coefficient (Wildman–Crippen LogP) is 1.28. The lowest BCUT2D eigenvalue weighted by Gasteiger charge is -2.08. The number of carbonyl (C=O) groups is 1. The van der Waals surface area contributed by atoms with Gasteiger partial charge in [0.05, 0.1) is 13.2 Å². The lowest BCUT2D eigenvalue weighted by atomic mass is 10.3. The molecule has 1 rings (SSSR count). The summed E-state index contributed by atoms with van der Waals surface area (Å²) in [5.74, 6) is -0.152.